The number of urea groups is 1. The molecule has 1 fully saturated rings. The summed E-state index contributed by atoms with van der Waals surface area (Å²) in [7, 11) is 0. The molecular weight excluding hydrogens is 288 g/mol. The number of hydrogen-bond acceptors (Lipinski definition) is 2. The highest BCUT2D eigenvalue weighted by atomic mass is 16.5. The second-order valence-electron chi connectivity index (χ2n) is 6.19. The number of carbonyl (C=O) groups excluding carboxylic acids is 1. The average molecular weight is 308 g/mol. The van der Waals surface area contributed by atoms with Crippen molar-refractivity contribution in [3.63, 3.8) is 0 Å². The van der Waals surface area contributed by atoms with Gasteiger partial charge in [-0.1, -0.05) is 30.3 Å². The summed E-state index contributed by atoms with van der Waals surface area (Å²) in [5.74, 6) is 0.858. The third kappa shape index (κ3) is 3.16. The van der Waals surface area contributed by atoms with Crippen LogP contribution in [-0.2, 0) is 13.0 Å². The molecule has 2 amide bonds. The Kier molecular flexibility index (Phi) is 3.66. The highest BCUT2D eigenvalue weighted by molar-refractivity contribution is 5.94. The standard InChI is InChI=1S/C19H20N2O2/c22-19(20-16-6-7-16)21-11-10-15-12-17(8-9-18(15)21)23-13-14-4-2-1-3-5-14/h1-5,8-9,12,16H,6-7,10-11,13H2,(H,20,22). The van der Waals surface area contributed by atoms with Crippen LogP contribution < -0.4 is 15.0 Å². The first-order valence-corrected chi connectivity index (χ1v) is 8.17. The molecule has 1 heterocycles. The van der Waals surface area contributed by atoms with Gasteiger partial charge in [0.1, 0.15) is 12.4 Å². The molecule has 0 bridgehead atoms. The SMILES string of the molecule is O=C(NC1CC1)N1CCc2cc(OCc3ccccc3)ccc21. The summed E-state index contributed by atoms with van der Waals surface area (Å²) in [4.78, 5) is 14.1. The first-order valence-electron chi connectivity index (χ1n) is 8.17. The number of fused-ring (bicyclic) bond motifs is 1. The second-order valence-corrected chi connectivity index (χ2v) is 6.19. The van der Waals surface area contributed by atoms with Crippen molar-refractivity contribution in [2.75, 3.05) is 11.4 Å². The molecule has 1 N–H and O–H groups in total. The fourth-order valence-electron chi connectivity index (χ4n) is 2.90. The third-order valence-electron chi connectivity index (χ3n) is 4.34. The van der Waals surface area contributed by atoms with Gasteiger partial charge in [-0.25, -0.2) is 4.79 Å². The maximum absolute atomic E-state index is 12.2. The van der Waals surface area contributed by atoms with E-state index >= 15 is 0 Å². The van der Waals surface area contributed by atoms with Crippen molar-refractivity contribution >= 4 is 11.7 Å². The van der Waals surface area contributed by atoms with E-state index in [1.807, 2.05) is 35.2 Å². The van der Waals surface area contributed by atoms with Crippen LogP contribution in [0.1, 0.15) is 24.0 Å². The lowest BCUT2D eigenvalue weighted by Crippen LogP contribution is -2.40. The molecule has 2 aromatic carbocycles. The molecule has 0 radical (unpaired) electrons. The Morgan fingerprint density at radius 2 is 2.00 bits per heavy atom. The smallest absolute Gasteiger partial charge is 0.322 e. The maximum atomic E-state index is 12.2. The zero-order chi connectivity index (χ0) is 15.6. The Balaban J connectivity index is 1.43. The van der Waals surface area contributed by atoms with Crippen molar-refractivity contribution in [2.45, 2.75) is 31.9 Å². The lowest BCUT2D eigenvalue weighted by atomic mass is 10.1. The molecule has 118 valence electrons. The Hall–Kier alpha value is -2.49. The van der Waals surface area contributed by atoms with Gasteiger partial charge in [-0.3, -0.25) is 4.90 Å². The number of ether oxygens (including phenoxy) is 1. The van der Waals surface area contributed by atoms with Gasteiger partial charge < -0.3 is 10.1 Å². The average Bonchev–Trinajstić information content (AvgIpc) is 3.29. The van der Waals surface area contributed by atoms with Crippen LogP contribution in [0.4, 0.5) is 10.5 Å². The molecule has 0 spiro atoms. The zero-order valence-electron chi connectivity index (χ0n) is 13.0. The van der Waals surface area contributed by atoms with E-state index in [0.29, 0.717) is 12.6 Å². The summed E-state index contributed by atoms with van der Waals surface area (Å²) in [6, 6.07) is 16.6. The maximum Gasteiger partial charge on any atom is 0.322 e. The molecule has 0 aromatic heterocycles. The van der Waals surface area contributed by atoms with Crippen molar-refractivity contribution < 1.29 is 9.53 Å². The first-order chi connectivity index (χ1) is 11.3. The fourth-order valence-corrected chi connectivity index (χ4v) is 2.90. The summed E-state index contributed by atoms with van der Waals surface area (Å²) in [6.07, 6.45) is 3.10. The molecule has 1 saturated carbocycles. The number of anilines is 1. The quantitative estimate of drug-likeness (QED) is 0.939. The third-order valence-corrected chi connectivity index (χ3v) is 4.34. The van der Waals surface area contributed by atoms with E-state index in [1.165, 1.54) is 5.56 Å². The minimum absolute atomic E-state index is 0.0317. The predicted molar refractivity (Wildman–Crippen MR) is 89.8 cm³/mol. The molecule has 4 heteroatoms. The van der Waals surface area contributed by atoms with Gasteiger partial charge in [0.2, 0.25) is 0 Å². The van der Waals surface area contributed by atoms with Gasteiger partial charge in [-0.2, -0.15) is 0 Å². The molecule has 4 rings (SSSR count). The number of nitrogens with zero attached hydrogens (tertiary/aromatic N) is 1. The van der Waals surface area contributed by atoms with E-state index < -0.39 is 0 Å². The minimum Gasteiger partial charge on any atom is -0.489 e. The van der Waals surface area contributed by atoms with Crippen LogP contribution in [0.5, 0.6) is 5.75 Å². The van der Waals surface area contributed by atoms with Crippen LogP contribution >= 0.6 is 0 Å². The molecule has 23 heavy (non-hydrogen) atoms. The minimum atomic E-state index is 0.0317. The molecule has 2 aromatic rings. The van der Waals surface area contributed by atoms with Crippen LogP contribution in [0, 0.1) is 0 Å². The van der Waals surface area contributed by atoms with Gasteiger partial charge in [0.15, 0.2) is 0 Å². The predicted octanol–water partition coefficient (Wildman–Crippen LogP) is 3.50. The van der Waals surface area contributed by atoms with E-state index in [0.717, 1.165) is 42.8 Å². The number of carbonyl (C=O) groups is 1. The van der Waals surface area contributed by atoms with Gasteiger partial charge >= 0.3 is 6.03 Å². The number of hydrogen-bond donors (Lipinski definition) is 1. The monoisotopic (exact) mass is 308 g/mol. The van der Waals surface area contributed by atoms with Crippen LogP contribution in [0.3, 0.4) is 0 Å². The highest BCUT2D eigenvalue weighted by Crippen LogP contribution is 2.32. The molecule has 0 atom stereocenters. The topological polar surface area (TPSA) is 41.6 Å². The van der Waals surface area contributed by atoms with E-state index in [-0.39, 0.29) is 6.03 Å². The van der Waals surface area contributed by atoms with Crippen LogP contribution in [0.15, 0.2) is 48.5 Å². The van der Waals surface area contributed by atoms with Crippen molar-refractivity contribution in [1.29, 1.82) is 0 Å². The summed E-state index contributed by atoms with van der Waals surface area (Å²) < 4.78 is 5.87. The molecule has 2 aliphatic rings. The van der Waals surface area contributed by atoms with Crippen LogP contribution in [0.25, 0.3) is 0 Å². The molecule has 4 nitrogen and oxygen atoms in total. The summed E-state index contributed by atoms with van der Waals surface area (Å²) >= 11 is 0. The van der Waals surface area contributed by atoms with E-state index in [2.05, 4.69) is 23.5 Å². The van der Waals surface area contributed by atoms with Gasteiger partial charge in [0.25, 0.3) is 0 Å². The van der Waals surface area contributed by atoms with E-state index in [9.17, 15) is 4.79 Å². The summed E-state index contributed by atoms with van der Waals surface area (Å²) in [5.41, 5.74) is 3.34. The molecule has 0 saturated heterocycles. The van der Waals surface area contributed by atoms with Gasteiger partial charge in [-0.05, 0) is 48.6 Å². The highest BCUT2D eigenvalue weighted by Gasteiger charge is 2.29. The molecular formula is C19H20N2O2. The molecule has 1 aliphatic heterocycles. The van der Waals surface area contributed by atoms with Crippen molar-refractivity contribution in [2.24, 2.45) is 0 Å². The zero-order valence-corrected chi connectivity index (χ0v) is 13.0. The Morgan fingerprint density at radius 3 is 2.78 bits per heavy atom. The summed E-state index contributed by atoms with van der Waals surface area (Å²) in [6.45, 7) is 1.31. The second kappa shape index (κ2) is 5.95. The normalized spacial score (nSPS) is 16.1. The molecule has 1 aliphatic carbocycles. The van der Waals surface area contributed by atoms with Gasteiger partial charge in [-0.15, -0.1) is 0 Å². The number of nitrogens with one attached hydrogen (secondary N) is 1. The van der Waals surface area contributed by atoms with Gasteiger partial charge in [0, 0.05) is 18.3 Å². The number of amides is 2. The lowest BCUT2D eigenvalue weighted by molar-refractivity contribution is 0.246. The Bertz CT molecular complexity index is 711. The Morgan fingerprint density at radius 1 is 1.17 bits per heavy atom. The summed E-state index contributed by atoms with van der Waals surface area (Å²) in [5, 5.41) is 3.05. The first kappa shape index (κ1) is 14.1. The largest absolute Gasteiger partial charge is 0.489 e. The Labute approximate surface area is 136 Å². The van der Waals surface area contributed by atoms with Crippen LogP contribution in [0.2, 0.25) is 0 Å². The molecule has 0 unspecified atom stereocenters. The van der Waals surface area contributed by atoms with Crippen molar-refractivity contribution in [3.05, 3.63) is 59.7 Å². The van der Waals surface area contributed by atoms with E-state index in [1.54, 1.807) is 0 Å². The van der Waals surface area contributed by atoms with E-state index in [4.69, 9.17) is 4.74 Å². The van der Waals surface area contributed by atoms with Crippen molar-refractivity contribution in [1.82, 2.24) is 5.32 Å². The van der Waals surface area contributed by atoms with Gasteiger partial charge in [0.05, 0.1) is 0 Å². The fraction of sp³-hybridized carbons (Fsp3) is 0.316. The number of benzene rings is 2. The number of rotatable bonds is 4. The van der Waals surface area contributed by atoms with Crippen molar-refractivity contribution in [3.8, 4) is 5.75 Å². The lowest BCUT2D eigenvalue weighted by Gasteiger charge is -2.18. The van der Waals surface area contributed by atoms with Crippen LogP contribution in [-0.4, -0.2) is 18.6 Å².